The van der Waals surface area contributed by atoms with Crippen molar-refractivity contribution in [1.82, 2.24) is 10.5 Å². The Labute approximate surface area is 146 Å². The van der Waals surface area contributed by atoms with Crippen LogP contribution in [0.15, 0.2) is 0 Å². The van der Waals surface area contributed by atoms with Gasteiger partial charge in [0.2, 0.25) is 0 Å². The summed E-state index contributed by atoms with van der Waals surface area (Å²) in [5, 5.41) is 2.20. The molecule has 0 amide bonds. The molecule has 0 spiro atoms. The molecule has 0 aromatic carbocycles. The highest BCUT2D eigenvalue weighted by Crippen LogP contribution is 2.10. The highest BCUT2D eigenvalue weighted by molar-refractivity contribution is 4.54. The Morgan fingerprint density at radius 2 is 0.826 bits per heavy atom. The Morgan fingerprint density at radius 1 is 0.522 bits per heavy atom. The summed E-state index contributed by atoms with van der Waals surface area (Å²) in [5.41, 5.74) is 2.87. The average molecular weight is 328 g/mol. The van der Waals surface area contributed by atoms with E-state index < -0.39 is 0 Å². The van der Waals surface area contributed by atoms with E-state index in [0.29, 0.717) is 0 Å². The summed E-state index contributed by atoms with van der Waals surface area (Å²) in [6, 6.07) is 0. The maximum Gasteiger partial charge on any atom is 0.0144 e. The first kappa shape index (κ1) is 22.9. The quantitative estimate of drug-likeness (QED) is 0.175. The molecular weight excluding hydrogens is 282 g/mol. The standard InChI is InChI=1S/C20H45N3/c1-3-5-7-9-11-13-15-17-19-23(22-21)20-18-16-14-12-10-8-6-4-2/h22H,3-21H2,1-2H3. The van der Waals surface area contributed by atoms with Crippen LogP contribution in [0.4, 0.5) is 0 Å². The van der Waals surface area contributed by atoms with Gasteiger partial charge in [0.1, 0.15) is 0 Å². The van der Waals surface area contributed by atoms with Gasteiger partial charge in [-0.3, -0.25) is 5.84 Å². The monoisotopic (exact) mass is 327 g/mol. The number of nitrogens with one attached hydrogen (secondary N) is 1. The molecule has 3 N–H and O–H groups in total. The van der Waals surface area contributed by atoms with Crippen LogP contribution >= 0.6 is 0 Å². The van der Waals surface area contributed by atoms with Crippen molar-refractivity contribution in [3.05, 3.63) is 0 Å². The smallest absolute Gasteiger partial charge is 0.0144 e. The normalized spacial score (nSPS) is 11.5. The van der Waals surface area contributed by atoms with Crippen LogP contribution in [0.3, 0.4) is 0 Å². The predicted octanol–water partition coefficient (Wildman–Crippen LogP) is 5.95. The van der Waals surface area contributed by atoms with Crippen LogP contribution in [-0.4, -0.2) is 18.1 Å². The second-order valence-electron chi connectivity index (χ2n) is 7.07. The van der Waals surface area contributed by atoms with Crippen molar-refractivity contribution in [2.45, 2.75) is 117 Å². The molecule has 0 atom stereocenters. The SMILES string of the molecule is CCCCCCCCCCN(CCCCCCCCCC)NN. The minimum Gasteiger partial charge on any atom is -0.258 e. The van der Waals surface area contributed by atoms with Gasteiger partial charge >= 0.3 is 0 Å². The predicted molar refractivity (Wildman–Crippen MR) is 104 cm³/mol. The number of rotatable bonds is 19. The van der Waals surface area contributed by atoms with Crippen molar-refractivity contribution in [2.24, 2.45) is 5.84 Å². The third-order valence-corrected chi connectivity index (χ3v) is 4.75. The van der Waals surface area contributed by atoms with Gasteiger partial charge < -0.3 is 0 Å². The maximum atomic E-state index is 5.64. The second-order valence-corrected chi connectivity index (χ2v) is 7.07. The minimum absolute atomic E-state index is 1.10. The maximum absolute atomic E-state index is 5.64. The summed E-state index contributed by atoms with van der Waals surface area (Å²) >= 11 is 0. The number of hydrogen-bond acceptors (Lipinski definition) is 3. The molecule has 0 radical (unpaired) electrons. The number of nitrogens with zero attached hydrogens (tertiary/aromatic N) is 1. The van der Waals surface area contributed by atoms with Crippen LogP contribution in [0.5, 0.6) is 0 Å². The molecule has 0 aliphatic heterocycles. The van der Waals surface area contributed by atoms with E-state index in [-0.39, 0.29) is 0 Å². The molecule has 0 aliphatic rings. The van der Waals surface area contributed by atoms with Gasteiger partial charge in [0.15, 0.2) is 0 Å². The molecular formula is C20H45N3. The molecule has 3 heteroatoms. The summed E-state index contributed by atoms with van der Waals surface area (Å²) in [5.74, 6) is 5.64. The van der Waals surface area contributed by atoms with Gasteiger partial charge in [0.05, 0.1) is 0 Å². The Hall–Kier alpha value is -0.120. The Balaban J connectivity index is 3.29. The van der Waals surface area contributed by atoms with E-state index in [1.807, 2.05) is 0 Å². The number of nitrogens with two attached hydrogens (primary N) is 1. The van der Waals surface area contributed by atoms with Gasteiger partial charge in [-0.25, -0.2) is 5.01 Å². The number of hydrogen-bond donors (Lipinski definition) is 2. The number of unbranched alkanes of at least 4 members (excludes halogenated alkanes) is 14. The summed E-state index contributed by atoms with van der Waals surface area (Å²) in [6.45, 7) is 6.76. The molecule has 0 aliphatic carbocycles. The van der Waals surface area contributed by atoms with E-state index in [1.54, 1.807) is 0 Å². The third kappa shape index (κ3) is 18.1. The van der Waals surface area contributed by atoms with Crippen LogP contribution in [0, 0.1) is 0 Å². The molecule has 23 heavy (non-hydrogen) atoms. The zero-order chi connectivity index (χ0) is 17.0. The Kier molecular flexibility index (Phi) is 19.8. The topological polar surface area (TPSA) is 41.3 Å². The van der Waals surface area contributed by atoms with Gasteiger partial charge in [-0.2, -0.15) is 5.53 Å². The molecule has 0 heterocycles. The van der Waals surface area contributed by atoms with Gasteiger partial charge in [-0.15, -0.1) is 0 Å². The Morgan fingerprint density at radius 3 is 1.13 bits per heavy atom. The van der Waals surface area contributed by atoms with Gasteiger partial charge in [0, 0.05) is 13.1 Å². The Bertz CT molecular complexity index is 189. The summed E-state index contributed by atoms with van der Waals surface area (Å²) in [4.78, 5) is 0. The lowest BCUT2D eigenvalue weighted by molar-refractivity contribution is 0.181. The zero-order valence-electron chi connectivity index (χ0n) is 16.3. The average Bonchev–Trinajstić information content (AvgIpc) is 2.57. The fourth-order valence-corrected chi connectivity index (χ4v) is 3.11. The van der Waals surface area contributed by atoms with E-state index in [4.69, 9.17) is 5.84 Å². The van der Waals surface area contributed by atoms with Crippen molar-refractivity contribution in [3.8, 4) is 0 Å². The summed E-state index contributed by atoms with van der Waals surface area (Å²) in [6.07, 6.45) is 22.0. The van der Waals surface area contributed by atoms with E-state index in [2.05, 4.69) is 24.4 Å². The first-order valence-corrected chi connectivity index (χ1v) is 10.6. The van der Waals surface area contributed by atoms with Gasteiger partial charge in [-0.05, 0) is 12.8 Å². The molecule has 0 aromatic heterocycles. The van der Waals surface area contributed by atoms with E-state index in [0.717, 1.165) is 13.1 Å². The summed E-state index contributed by atoms with van der Waals surface area (Å²) in [7, 11) is 0. The van der Waals surface area contributed by atoms with E-state index >= 15 is 0 Å². The summed E-state index contributed by atoms with van der Waals surface area (Å²) < 4.78 is 0. The fourth-order valence-electron chi connectivity index (χ4n) is 3.11. The molecule has 0 rings (SSSR count). The molecule has 0 saturated carbocycles. The van der Waals surface area contributed by atoms with Crippen LogP contribution in [-0.2, 0) is 0 Å². The van der Waals surface area contributed by atoms with Crippen LogP contribution < -0.4 is 11.4 Å². The van der Waals surface area contributed by atoms with Crippen molar-refractivity contribution < 1.29 is 0 Å². The van der Waals surface area contributed by atoms with Crippen molar-refractivity contribution in [2.75, 3.05) is 13.1 Å². The molecule has 0 unspecified atom stereocenters. The van der Waals surface area contributed by atoms with Crippen molar-refractivity contribution in [3.63, 3.8) is 0 Å². The highest BCUT2D eigenvalue weighted by Gasteiger charge is 2.02. The molecule has 0 saturated heterocycles. The zero-order valence-corrected chi connectivity index (χ0v) is 16.3. The lowest BCUT2D eigenvalue weighted by Gasteiger charge is -2.20. The van der Waals surface area contributed by atoms with Crippen LogP contribution in [0.1, 0.15) is 117 Å². The lowest BCUT2D eigenvalue weighted by Crippen LogP contribution is -2.44. The highest BCUT2D eigenvalue weighted by atomic mass is 15.6. The molecule has 0 aromatic rings. The molecule has 0 bridgehead atoms. The molecule has 0 fully saturated rings. The van der Waals surface area contributed by atoms with Crippen LogP contribution in [0.2, 0.25) is 0 Å². The fraction of sp³-hybridized carbons (Fsp3) is 1.00. The number of hydrazine groups is 2. The van der Waals surface area contributed by atoms with Gasteiger partial charge in [0.25, 0.3) is 0 Å². The first-order chi connectivity index (χ1) is 11.3. The van der Waals surface area contributed by atoms with Crippen molar-refractivity contribution in [1.29, 1.82) is 0 Å². The third-order valence-electron chi connectivity index (χ3n) is 4.75. The van der Waals surface area contributed by atoms with Crippen molar-refractivity contribution >= 4 is 0 Å². The van der Waals surface area contributed by atoms with Gasteiger partial charge in [-0.1, -0.05) is 104 Å². The largest absolute Gasteiger partial charge is 0.258 e. The second kappa shape index (κ2) is 19.9. The lowest BCUT2D eigenvalue weighted by atomic mass is 10.1. The van der Waals surface area contributed by atoms with E-state index in [9.17, 15) is 0 Å². The van der Waals surface area contributed by atoms with Crippen LogP contribution in [0.25, 0.3) is 0 Å². The van der Waals surface area contributed by atoms with E-state index in [1.165, 1.54) is 103 Å². The first-order valence-electron chi connectivity index (χ1n) is 10.6. The molecule has 3 nitrogen and oxygen atoms in total. The minimum atomic E-state index is 1.10. The molecule has 140 valence electrons.